The molecule has 0 aliphatic heterocycles. The lowest BCUT2D eigenvalue weighted by molar-refractivity contribution is 0.296. The Kier molecular flexibility index (Phi) is 4.53. The van der Waals surface area contributed by atoms with Gasteiger partial charge in [0.2, 0.25) is 0 Å². The van der Waals surface area contributed by atoms with E-state index in [1.54, 1.807) is 0 Å². The van der Waals surface area contributed by atoms with E-state index in [9.17, 15) is 16.8 Å². The zero-order valence-corrected chi connectivity index (χ0v) is 11.4. The number of rotatable bonds is 5. The molecule has 1 rings (SSSR count). The molecule has 0 atom stereocenters. The molecule has 0 aliphatic rings. The van der Waals surface area contributed by atoms with Gasteiger partial charge in [-0.05, 0) is 18.6 Å². The Balaban J connectivity index is 3.84. The minimum atomic E-state index is -4.79. The lowest BCUT2D eigenvalue weighted by Crippen LogP contribution is -2.13. The van der Waals surface area contributed by atoms with E-state index >= 15 is 0 Å². The quantitative estimate of drug-likeness (QED) is 0.631. The first-order valence-corrected chi connectivity index (χ1v) is 7.76. The van der Waals surface area contributed by atoms with Gasteiger partial charge >= 0.3 is 0 Å². The van der Waals surface area contributed by atoms with Crippen LogP contribution >= 0.6 is 0 Å². The summed E-state index contributed by atoms with van der Waals surface area (Å²) in [5.74, 6) is -0.293. The van der Waals surface area contributed by atoms with Gasteiger partial charge in [0.25, 0.3) is 20.2 Å². The molecule has 0 unspecified atom stereocenters. The number of hydrogen-bond acceptors (Lipinski definition) is 6. The summed E-state index contributed by atoms with van der Waals surface area (Å²) in [6.45, 7) is -0.585. The van der Waals surface area contributed by atoms with Gasteiger partial charge in [-0.15, -0.1) is 0 Å². The second-order valence-electron chi connectivity index (χ2n) is 3.50. The molecule has 1 aromatic rings. The molecule has 0 heterocycles. The highest BCUT2D eigenvalue weighted by atomic mass is 32.2. The summed E-state index contributed by atoms with van der Waals surface area (Å²) in [5, 5.41) is 8.87. The second-order valence-corrected chi connectivity index (χ2v) is 6.25. The fourth-order valence-corrected chi connectivity index (χ4v) is 3.37. The molecule has 0 amide bonds. The number of ether oxygens (including phenoxy) is 1. The van der Waals surface area contributed by atoms with Crippen LogP contribution < -0.4 is 4.74 Å². The fourth-order valence-electron chi connectivity index (χ4n) is 1.62. The Morgan fingerprint density at radius 1 is 1.11 bits per heavy atom. The SMILES string of the molecule is COc1ccc(S(=O)(=O)O)c(CCO)c1S(=O)(=O)O. The van der Waals surface area contributed by atoms with E-state index < -0.39 is 48.6 Å². The molecule has 108 valence electrons. The van der Waals surface area contributed by atoms with Crippen LogP contribution in [0.15, 0.2) is 21.9 Å². The third-order valence-corrected chi connectivity index (χ3v) is 4.20. The molecule has 0 saturated carbocycles. The fraction of sp³-hybridized carbons (Fsp3) is 0.333. The van der Waals surface area contributed by atoms with Crippen LogP contribution in [0.1, 0.15) is 5.56 Å². The summed E-state index contributed by atoms with van der Waals surface area (Å²) in [5.41, 5.74) is -0.438. The van der Waals surface area contributed by atoms with Crippen LogP contribution in [0.5, 0.6) is 5.75 Å². The third-order valence-electron chi connectivity index (χ3n) is 2.30. The van der Waals surface area contributed by atoms with Crippen LogP contribution in [0.2, 0.25) is 0 Å². The molecule has 19 heavy (non-hydrogen) atoms. The molecule has 0 spiro atoms. The highest BCUT2D eigenvalue weighted by Crippen LogP contribution is 2.32. The molecular weight excluding hydrogens is 300 g/mol. The largest absolute Gasteiger partial charge is 0.495 e. The maximum absolute atomic E-state index is 11.3. The van der Waals surface area contributed by atoms with Crippen molar-refractivity contribution in [1.82, 2.24) is 0 Å². The van der Waals surface area contributed by atoms with Crippen molar-refractivity contribution in [3.63, 3.8) is 0 Å². The second kappa shape index (κ2) is 5.43. The maximum atomic E-state index is 11.3. The van der Waals surface area contributed by atoms with Crippen molar-refractivity contribution in [3.8, 4) is 5.75 Å². The Bertz CT molecular complexity index is 674. The zero-order valence-electron chi connectivity index (χ0n) is 9.77. The summed E-state index contributed by atoms with van der Waals surface area (Å²) in [4.78, 5) is -1.51. The predicted octanol–water partition coefficient (Wildman–Crippen LogP) is -0.277. The Labute approximate surface area is 110 Å². The van der Waals surface area contributed by atoms with Gasteiger partial charge < -0.3 is 9.84 Å². The normalized spacial score (nSPS) is 12.4. The maximum Gasteiger partial charge on any atom is 0.298 e. The number of benzene rings is 1. The number of methoxy groups -OCH3 is 1. The van der Waals surface area contributed by atoms with Crippen molar-refractivity contribution >= 4 is 20.2 Å². The minimum Gasteiger partial charge on any atom is -0.495 e. The van der Waals surface area contributed by atoms with E-state index in [1.165, 1.54) is 0 Å². The van der Waals surface area contributed by atoms with E-state index in [0.29, 0.717) is 0 Å². The molecule has 0 bridgehead atoms. The van der Waals surface area contributed by atoms with E-state index in [-0.39, 0.29) is 5.75 Å². The van der Waals surface area contributed by atoms with Crippen molar-refractivity contribution in [2.24, 2.45) is 0 Å². The Hall–Kier alpha value is -1.20. The smallest absolute Gasteiger partial charge is 0.298 e. The molecule has 3 N–H and O–H groups in total. The highest BCUT2D eigenvalue weighted by Gasteiger charge is 2.28. The summed E-state index contributed by atoms with van der Waals surface area (Å²) >= 11 is 0. The lowest BCUT2D eigenvalue weighted by Gasteiger charge is -2.13. The van der Waals surface area contributed by atoms with Crippen LogP contribution in [0, 0.1) is 0 Å². The molecule has 1 aromatic carbocycles. The molecule has 8 nitrogen and oxygen atoms in total. The number of aliphatic hydroxyl groups is 1. The van der Waals surface area contributed by atoms with E-state index in [1.807, 2.05) is 0 Å². The van der Waals surface area contributed by atoms with Crippen molar-refractivity contribution in [2.75, 3.05) is 13.7 Å². The van der Waals surface area contributed by atoms with Crippen LogP contribution in [0.4, 0.5) is 0 Å². The summed E-state index contributed by atoms with van der Waals surface area (Å²) in [6, 6.07) is 1.90. The summed E-state index contributed by atoms with van der Waals surface area (Å²) in [7, 11) is -8.37. The van der Waals surface area contributed by atoms with Crippen molar-refractivity contribution in [3.05, 3.63) is 17.7 Å². The summed E-state index contributed by atoms with van der Waals surface area (Å²) in [6.07, 6.45) is -0.401. The average Bonchev–Trinajstić information content (AvgIpc) is 2.25. The number of hydrogen-bond donors (Lipinski definition) is 3. The van der Waals surface area contributed by atoms with Gasteiger partial charge in [-0.2, -0.15) is 16.8 Å². The van der Waals surface area contributed by atoms with Gasteiger partial charge in [0.1, 0.15) is 10.6 Å². The van der Waals surface area contributed by atoms with Gasteiger partial charge in [0, 0.05) is 12.2 Å². The summed E-state index contributed by atoms with van der Waals surface area (Å²) < 4.78 is 67.8. The minimum absolute atomic E-state index is 0.293. The molecule has 0 fully saturated rings. The first kappa shape index (κ1) is 15.9. The first-order chi connectivity index (χ1) is 8.62. The van der Waals surface area contributed by atoms with Gasteiger partial charge in [-0.1, -0.05) is 0 Å². The monoisotopic (exact) mass is 312 g/mol. The van der Waals surface area contributed by atoms with E-state index in [4.69, 9.17) is 18.9 Å². The molecule has 0 saturated heterocycles. The molecule has 0 radical (unpaired) electrons. The van der Waals surface area contributed by atoms with Gasteiger partial charge in [-0.25, -0.2) is 0 Å². The number of aliphatic hydroxyl groups excluding tert-OH is 1. The van der Waals surface area contributed by atoms with Crippen molar-refractivity contribution < 1.29 is 35.8 Å². The van der Waals surface area contributed by atoms with Crippen molar-refractivity contribution in [2.45, 2.75) is 16.2 Å². The standard InChI is InChI=1S/C9H12O8S2/c1-17-7-2-3-8(18(11,12)13)6(4-5-10)9(7)19(14,15)16/h2-3,10H,4-5H2,1H3,(H,11,12,13)(H,14,15,16). The van der Waals surface area contributed by atoms with E-state index in [2.05, 4.69) is 0 Å². The average molecular weight is 312 g/mol. The van der Waals surface area contributed by atoms with Gasteiger partial charge in [0.05, 0.1) is 12.0 Å². The van der Waals surface area contributed by atoms with E-state index in [0.717, 1.165) is 19.2 Å². The van der Waals surface area contributed by atoms with Gasteiger partial charge in [0.15, 0.2) is 0 Å². The van der Waals surface area contributed by atoms with Crippen LogP contribution in [-0.2, 0) is 26.7 Å². The zero-order chi connectivity index (χ0) is 14.8. The third kappa shape index (κ3) is 3.42. The predicted molar refractivity (Wildman–Crippen MR) is 63.4 cm³/mol. The van der Waals surface area contributed by atoms with Crippen LogP contribution in [0.3, 0.4) is 0 Å². The first-order valence-electron chi connectivity index (χ1n) is 4.88. The van der Waals surface area contributed by atoms with Crippen LogP contribution in [0.25, 0.3) is 0 Å². The van der Waals surface area contributed by atoms with Crippen molar-refractivity contribution in [1.29, 1.82) is 0 Å². The highest BCUT2D eigenvalue weighted by molar-refractivity contribution is 7.86. The Morgan fingerprint density at radius 3 is 2.05 bits per heavy atom. The van der Waals surface area contributed by atoms with Gasteiger partial charge in [-0.3, -0.25) is 9.11 Å². The van der Waals surface area contributed by atoms with Crippen LogP contribution in [-0.4, -0.2) is 44.8 Å². The molecule has 10 heteroatoms. The topological polar surface area (TPSA) is 138 Å². The molecule has 0 aliphatic carbocycles. The molecule has 0 aromatic heterocycles. The lowest BCUT2D eigenvalue weighted by atomic mass is 10.1. The Morgan fingerprint density at radius 2 is 1.68 bits per heavy atom. The molecular formula is C9H12O8S2.